The van der Waals surface area contributed by atoms with Gasteiger partial charge in [0.05, 0.1) is 12.8 Å². The van der Waals surface area contributed by atoms with Gasteiger partial charge in [-0.2, -0.15) is 0 Å². The topological polar surface area (TPSA) is 52.6 Å². The monoisotopic (exact) mass is 258 g/mol. The summed E-state index contributed by atoms with van der Waals surface area (Å²) in [5.41, 5.74) is 0. The van der Waals surface area contributed by atoms with Gasteiger partial charge in [-0.15, -0.1) is 0 Å². The molecule has 0 atom stereocenters. The molecule has 0 radical (unpaired) electrons. The third-order valence-corrected chi connectivity index (χ3v) is 2.54. The van der Waals surface area contributed by atoms with Crippen LogP contribution in [0.1, 0.15) is 72.1 Å². The zero-order valence-electron chi connectivity index (χ0n) is 11.9. The van der Waals surface area contributed by atoms with Crippen LogP contribution in [-0.4, -0.2) is 11.9 Å². The highest BCUT2D eigenvalue weighted by molar-refractivity contribution is 5.72. The fourth-order valence-corrected chi connectivity index (χ4v) is 1.55. The first-order valence-corrected chi connectivity index (χ1v) is 6.96. The van der Waals surface area contributed by atoms with Crippen LogP contribution in [0.2, 0.25) is 0 Å². The maximum absolute atomic E-state index is 11.2. The number of rotatable bonds is 9. The predicted molar refractivity (Wildman–Crippen MR) is 69.6 cm³/mol. The highest BCUT2D eigenvalue weighted by Gasteiger charge is 2.11. The second kappa shape index (κ2) is 11.1. The van der Waals surface area contributed by atoms with Crippen LogP contribution in [0.15, 0.2) is 0 Å². The number of unbranched alkanes of at least 4 members (excludes halogenated alkanes) is 5. The van der Waals surface area contributed by atoms with E-state index in [2.05, 4.69) is 16.7 Å². The third-order valence-electron chi connectivity index (χ3n) is 2.54. The molecule has 0 aromatic carbocycles. The molecular weight excluding hydrogens is 232 g/mol. The lowest BCUT2D eigenvalue weighted by molar-refractivity contribution is -0.259. The Balaban J connectivity index is 3.40. The zero-order valence-corrected chi connectivity index (χ0v) is 11.9. The van der Waals surface area contributed by atoms with Crippen molar-refractivity contribution in [2.45, 2.75) is 72.1 Å². The Hall–Kier alpha value is -1.06. The summed E-state index contributed by atoms with van der Waals surface area (Å²) < 4.78 is 0. The molecule has 0 fully saturated rings. The summed E-state index contributed by atoms with van der Waals surface area (Å²) in [6, 6.07) is 0. The Morgan fingerprint density at radius 3 is 2.06 bits per heavy atom. The summed E-state index contributed by atoms with van der Waals surface area (Å²) in [4.78, 5) is 31.2. The van der Waals surface area contributed by atoms with Gasteiger partial charge in [-0.05, 0) is 12.3 Å². The summed E-state index contributed by atoms with van der Waals surface area (Å²) in [5.74, 6) is -0.737. The van der Waals surface area contributed by atoms with E-state index in [4.69, 9.17) is 0 Å². The van der Waals surface area contributed by atoms with Gasteiger partial charge in [-0.25, -0.2) is 19.4 Å². The summed E-state index contributed by atoms with van der Waals surface area (Å²) in [6.45, 7) is 5.97. The van der Waals surface area contributed by atoms with Gasteiger partial charge in [0.15, 0.2) is 0 Å². The second-order valence-corrected chi connectivity index (χ2v) is 5.03. The number of hydrogen-bond acceptors (Lipinski definition) is 4. The van der Waals surface area contributed by atoms with Gasteiger partial charge < -0.3 is 0 Å². The third kappa shape index (κ3) is 11.4. The molecule has 0 unspecified atom stereocenters. The lowest BCUT2D eigenvalue weighted by Gasteiger charge is -2.04. The molecule has 0 rings (SSSR count). The molecule has 4 heteroatoms. The van der Waals surface area contributed by atoms with Crippen molar-refractivity contribution >= 4 is 11.9 Å². The van der Waals surface area contributed by atoms with Crippen molar-refractivity contribution in [3.63, 3.8) is 0 Å². The smallest absolute Gasteiger partial charge is 0.247 e. The first-order chi connectivity index (χ1) is 8.56. The van der Waals surface area contributed by atoms with E-state index in [1.807, 2.05) is 13.8 Å². The molecule has 0 N–H and O–H groups in total. The van der Waals surface area contributed by atoms with E-state index in [0.717, 1.165) is 19.3 Å². The van der Waals surface area contributed by atoms with Crippen LogP contribution in [-0.2, 0) is 19.4 Å². The molecule has 0 amide bonds. The molecule has 106 valence electrons. The summed E-state index contributed by atoms with van der Waals surface area (Å²) in [5, 5.41) is 0. The molecule has 18 heavy (non-hydrogen) atoms. The molecule has 0 saturated carbocycles. The van der Waals surface area contributed by atoms with Crippen LogP contribution in [0.25, 0.3) is 0 Å². The van der Waals surface area contributed by atoms with Crippen LogP contribution in [0.4, 0.5) is 0 Å². The first-order valence-electron chi connectivity index (χ1n) is 6.96. The van der Waals surface area contributed by atoms with Gasteiger partial charge >= 0.3 is 11.9 Å². The average Bonchev–Trinajstić information content (AvgIpc) is 2.30. The van der Waals surface area contributed by atoms with Gasteiger partial charge in [-0.1, -0.05) is 52.9 Å². The minimum absolute atomic E-state index is 0.203. The van der Waals surface area contributed by atoms with E-state index in [1.165, 1.54) is 19.3 Å². The SMILES string of the molecule is CCCCCCCCC(=O)OOC(=O)CC(C)C. The van der Waals surface area contributed by atoms with Gasteiger partial charge in [0.2, 0.25) is 0 Å². The van der Waals surface area contributed by atoms with Crippen molar-refractivity contribution in [3.8, 4) is 0 Å². The molecule has 0 aromatic heterocycles. The Morgan fingerprint density at radius 1 is 0.889 bits per heavy atom. The number of carbonyl (C=O) groups is 2. The zero-order chi connectivity index (χ0) is 13.8. The van der Waals surface area contributed by atoms with Gasteiger partial charge in [0.1, 0.15) is 0 Å². The van der Waals surface area contributed by atoms with Crippen LogP contribution in [0.3, 0.4) is 0 Å². The lowest BCUT2D eigenvalue weighted by atomic mass is 10.1. The molecule has 0 saturated heterocycles. The van der Waals surface area contributed by atoms with Crippen LogP contribution in [0, 0.1) is 5.92 Å². The van der Waals surface area contributed by atoms with Crippen molar-refractivity contribution in [1.82, 2.24) is 0 Å². The van der Waals surface area contributed by atoms with Crippen LogP contribution >= 0.6 is 0 Å². The van der Waals surface area contributed by atoms with E-state index in [0.29, 0.717) is 6.42 Å². The molecule has 0 aliphatic carbocycles. The molecular formula is C14H26O4. The van der Waals surface area contributed by atoms with E-state index in [9.17, 15) is 9.59 Å². The van der Waals surface area contributed by atoms with Crippen molar-refractivity contribution in [2.75, 3.05) is 0 Å². The fraction of sp³-hybridized carbons (Fsp3) is 0.857. The highest BCUT2D eigenvalue weighted by atomic mass is 17.2. The van der Waals surface area contributed by atoms with E-state index >= 15 is 0 Å². The fourth-order valence-electron chi connectivity index (χ4n) is 1.55. The Bertz CT molecular complexity index is 236. The highest BCUT2D eigenvalue weighted by Crippen LogP contribution is 2.08. The Morgan fingerprint density at radius 2 is 1.44 bits per heavy atom. The average molecular weight is 258 g/mol. The maximum atomic E-state index is 11.2. The minimum atomic E-state index is -0.485. The molecule has 0 aromatic rings. The van der Waals surface area contributed by atoms with Crippen molar-refractivity contribution in [2.24, 2.45) is 5.92 Å². The quantitative estimate of drug-likeness (QED) is 0.359. The Kier molecular flexibility index (Phi) is 10.4. The molecule has 0 bridgehead atoms. The van der Waals surface area contributed by atoms with E-state index in [1.54, 1.807) is 0 Å². The van der Waals surface area contributed by atoms with Crippen molar-refractivity contribution < 1.29 is 19.4 Å². The molecule has 0 spiro atoms. The standard InChI is InChI=1S/C14H26O4/c1-4-5-6-7-8-9-10-13(15)17-18-14(16)11-12(2)3/h12H,4-11H2,1-3H3. The lowest BCUT2D eigenvalue weighted by Crippen LogP contribution is -2.12. The van der Waals surface area contributed by atoms with Gasteiger partial charge in [-0.3, -0.25) is 0 Å². The molecule has 0 aliphatic rings. The van der Waals surface area contributed by atoms with Crippen molar-refractivity contribution in [1.29, 1.82) is 0 Å². The second-order valence-electron chi connectivity index (χ2n) is 5.03. The number of carbonyl (C=O) groups excluding carboxylic acids is 2. The summed E-state index contributed by atoms with van der Waals surface area (Å²) in [6.07, 6.45) is 7.24. The first kappa shape index (κ1) is 16.9. The normalized spacial score (nSPS) is 10.4. The van der Waals surface area contributed by atoms with Crippen molar-refractivity contribution in [3.05, 3.63) is 0 Å². The molecule has 0 aliphatic heterocycles. The predicted octanol–water partition coefficient (Wildman–Crippen LogP) is 3.78. The Labute approximate surface area is 110 Å². The molecule has 0 heterocycles. The number of hydrogen-bond donors (Lipinski definition) is 0. The van der Waals surface area contributed by atoms with Crippen LogP contribution < -0.4 is 0 Å². The summed E-state index contributed by atoms with van der Waals surface area (Å²) in [7, 11) is 0. The van der Waals surface area contributed by atoms with Crippen LogP contribution in [0.5, 0.6) is 0 Å². The summed E-state index contributed by atoms with van der Waals surface area (Å²) >= 11 is 0. The largest absolute Gasteiger partial charge is 0.355 e. The maximum Gasteiger partial charge on any atom is 0.355 e. The minimum Gasteiger partial charge on any atom is -0.247 e. The van der Waals surface area contributed by atoms with Gasteiger partial charge in [0, 0.05) is 0 Å². The van der Waals surface area contributed by atoms with E-state index in [-0.39, 0.29) is 12.3 Å². The van der Waals surface area contributed by atoms with Gasteiger partial charge in [0.25, 0.3) is 0 Å². The van der Waals surface area contributed by atoms with E-state index < -0.39 is 11.9 Å². The molecule has 4 nitrogen and oxygen atoms in total.